The van der Waals surface area contributed by atoms with Crippen molar-refractivity contribution >= 4 is 11.8 Å². The fraction of sp³-hybridized carbons (Fsp3) is 0.571. The zero-order valence-corrected chi connectivity index (χ0v) is 6.97. The average Bonchev–Trinajstić information content (AvgIpc) is 2.46. The van der Waals surface area contributed by atoms with Gasteiger partial charge in [0.2, 0.25) is 0 Å². The van der Waals surface area contributed by atoms with Crippen molar-refractivity contribution in [3.63, 3.8) is 0 Å². The molecule has 3 nitrogen and oxygen atoms in total. The molecule has 0 amide bonds. The lowest BCUT2D eigenvalue weighted by molar-refractivity contribution is 0.275. The summed E-state index contributed by atoms with van der Waals surface area (Å²) in [5.41, 5.74) is 2.05. The van der Waals surface area contributed by atoms with Gasteiger partial charge >= 0.3 is 0 Å². The Hall–Kier alpha value is -0.480. The quantitative estimate of drug-likeness (QED) is 0.671. The fourth-order valence-electron chi connectivity index (χ4n) is 1.23. The summed E-state index contributed by atoms with van der Waals surface area (Å²) in [7, 11) is 0. The molecule has 0 aliphatic carbocycles. The van der Waals surface area contributed by atoms with Gasteiger partial charge in [-0.05, 0) is 12.5 Å². The van der Waals surface area contributed by atoms with E-state index in [-0.39, 0.29) is 6.61 Å². The van der Waals surface area contributed by atoms with Gasteiger partial charge in [-0.25, -0.2) is 0 Å². The minimum absolute atomic E-state index is 0.0602. The van der Waals surface area contributed by atoms with E-state index >= 15 is 0 Å². The maximum Gasteiger partial charge on any atom is 0.0882 e. The van der Waals surface area contributed by atoms with Crippen LogP contribution in [0.2, 0.25) is 0 Å². The van der Waals surface area contributed by atoms with Crippen molar-refractivity contribution in [1.29, 1.82) is 0 Å². The Morgan fingerprint density at radius 2 is 2.64 bits per heavy atom. The molecule has 0 unspecified atom stereocenters. The van der Waals surface area contributed by atoms with Gasteiger partial charge in [0.25, 0.3) is 0 Å². The molecule has 0 atom stereocenters. The predicted octanol–water partition coefficient (Wildman–Crippen LogP) is 0.622. The molecule has 0 spiro atoms. The molecule has 1 aromatic heterocycles. The summed E-state index contributed by atoms with van der Waals surface area (Å²) in [6.07, 6.45) is 1.08. The summed E-state index contributed by atoms with van der Waals surface area (Å²) >= 11 is 1.88. The maximum atomic E-state index is 8.80. The molecule has 0 fully saturated rings. The summed E-state index contributed by atoms with van der Waals surface area (Å²) in [5.74, 6) is 2.12. The number of nitrogens with zero attached hydrogens (tertiary/aromatic N) is 2. The summed E-state index contributed by atoms with van der Waals surface area (Å²) < 4.78 is 1.97. The molecule has 2 rings (SSSR count). The molecule has 4 heteroatoms. The van der Waals surface area contributed by atoms with Crippen LogP contribution in [0.4, 0.5) is 0 Å². The third-order valence-corrected chi connectivity index (χ3v) is 2.71. The Balaban J connectivity index is 2.32. The second kappa shape index (κ2) is 2.87. The molecule has 0 bridgehead atoms. The molecule has 11 heavy (non-hydrogen) atoms. The van der Waals surface area contributed by atoms with Crippen LogP contribution < -0.4 is 0 Å². The normalized spacial score (nSPS) is 16.5. The molecule has 1 aliphatic heterocycles. The maximum absolute atomic E-state index is 8.80. The molecular weight excluding hydrogens is 160 g/mol. The first-order chi connectivity index (χ1) is 5.40. The topological polar surface area (TPSA) is 38.0 Å². The van der Waals surface area contributed by atoms with Gasteiger partial charge in [-0.2, -0.15) is 5.10 Å². The van der Waals surface area contributed by atoms with Crippen LogP contribution in [0.5, 0.6) is 0 Å². The molecule has 1 N–H and O–H groups in total. The summed E-state index contributed by atoms with van der Waals surface area (Å²) in [6, 6.07) is 1.99. The zero-order valence-electron chi connectivity index (χ0n) is 6.16. The van der Waals surface area contributed by atoms with Crippen molar-refractivity contribution in [1.82, 2.24) is 9.78 Å². The minimum atomic E-state index is 0.0602. The monoisotopic (exact) mass is 170 g/mol. The van der Waals surface area contributed by atoms with Crippen LogP contribution in [-0.2, 0) is 18.9 Å². The van der Waals surface area contributed by atoms with E-state index in [2.05, 4.69) is 5.10 Å². The highest BCUT2D eigenvalue weighted by Crippen LogP contribution is 2.18. The van der Waals surface area contributed by atoms with Crippen LogP contribution >= 0.6 is 11.8 Å². The first-order valence-corrected chi connectivity index (χ1v) is 4.80. The Morgan fingerprint density at radius 3 is 3.36 bits per heavy atom. The molecule has 60 valence electrons. The van der Waals surface area contributed by atoms with E-state index in [1.807, 2.05) is 22.5 Å². The molecular formula is C7H10N2OS. The van der Waals surface area contributed by atoms with E-state index in [9.17, 15) is 0 Å². The number of rotatable bonds is 1. The summed E-state index contributed by atoms with van der Waals surface area (Å²) in [4.78, 5) is 0. The van der Waals surface area contributed by atoms with Crippen LogP contribution in [0, 0.1) is 0 Å². The van der Waals surface area contributed by atoms with Gasteiger partial charge in [0.15, 0.2) is 0 Å². The minimum Gasteiger partial charge on any atom is -0.390 e. The zero-order chi connectivity index (χ0) is 7.68. The van der Waals surface area contributed by atoms with Crippen molar-refractivity contribution < 1.29 is 5.11 Å². The Labute approximate surface area is 69.4 Å². The number of aliphatic hydroxyl groups is 1. The molecule has 2 heterocycles. The number of thioether (sulfide) groups is 1. The van der Waals surface area contributed by atoms with Gasteiger partial charge in [0, 0.05) is 11.4 Å². The lowest BCUT2D eigenvalue weighted by Gasteiger charge is -2.11. The first kappa shape index (κ1) is 7.18. The molecule has 1 aromatic rings. The number of hydrogen-bond donors (Lipinski definition) is 1. The van der Waals surface area contributed by atoms with Crippen molar-refractivity contribution in [2.75, 3.05) is 5.75 Å². The van der Waals surface area contributed by atoms with Gasteiger partial charge in [0.1, 0.15) is 0 Å². The van der Waals surface area contributed by atoms with Crippen LogP contribution in [0.15, 0.2) is 6.07 Å². The Morgan fingerprint density at radius 1 is 1.73 bits per heavy atom. The van der Waals surface area contributed by atoms with E-state index in [1.165, 1.54) is 11.4 Å². The van der Waals surface area contributed by atoms with Gasteiger partial charge in [0.05, 0.1) is 18.2 Å². The van der Waals surface area contributed by atoms with Gasteiger partial charge in [-0.3, -0.25) is 4.68 Å². The predicted molar refractivity (Wildman–Crippen MR) is 44.3 cm³/mol. The first-order valence-electron chi connectivity index (χ1n) is 3.64. The van der Waals surface area contributed by atoms with Crippen LogP contribution in [0.1, 0.15) is 11.4 Å². The number of hydrogen-bond acceptors (Lipinski definition) is 3. The highest BCUT2D eigenvalue weighted by molar-refractivity contribution is 7.98. The summed E-state index contributed by atoms with van der Waals surface area (Å²) in [6.45, 7) is 0.0602. The third-order valence-electron chi connectivity index (χ3n) is 1.79. The highest BCUT2D eigenvalue weighted by Gasteiger charge is 2.10. The third kappa shape index (κ3) is 1.28. The van der Waals surface area contributed by atoms with E-state index < -0.39 is 0 Å². The SMILES string of the molecule is OCc1cc2n(n1)CSCC2. The van der Waals surface area contributed by atoms with Gasteiger partial charge < -0.3 is 5.11 Å². The number of aryl methyl sites for hydroxylation is 1. The highest BCUT2D eigenvalue weighted by atomic mass is 32.2. The standard InChI is InChI=1S/C7H10N2OS/c10-4-6-3-7-1-2-11-5-9(7)8-6/h3,10H,1-2,4-5H2. The van der Waals surface area contributed by atoms with Crippen molar-refractivity contribution in [3.8, 4) is 0 Å². The largest absolute Gasteiger partial charge is 0.390 e. The lowest BCUT2D eigenvalue weighted by Crippen LogP contribution is -2.09. The Kier molecular flexibility index (Phi) is 1.87. The molecule has 0 radical (unpaired) electrons. The van der Waals surface area contributed by atoms with Crippen LogP contribution in [-0.4, -0.2) is 20.6 Å². The smallest absolute Gasteiger partial charge is 0.0882 e. The second-order valence-electron chi connectivity index (χ2n) is 2.57. The molecule has 0 saturated carbocycles. The molecule has 0 aromatic carbocycles. The van der Waals surface area contributed by atoms with Crippen molar-refractivity contribution in [2.45, 2.75) is 18.9 Å². The van der Waals surface area contributed by atoms with Crippen molar-refractivity contribution in [3.05, 3.63) is 17.5 Å². The van der Waals surface area contributed by atoms with Gasteiger partial charge in [-0.1, -0.05) is 0 Å². The second-order valence-corrected chi connectivity index (χ2v) is 3.65. The fourth-order valence-corrected chi connectivity index (χ4v) is 2.11. The molecule has 0 saturated heterocycles. The summed E-state index contributed by atoms with van der Waals surface area (Å²) in [5, 5.41) is 13.0. The van der Waals surface area contributed by atoms with Crippen LogP contribution in [0.25, 0.3) is 0 Å². The van der Waals surface area contributed by atoms with Crippen molar-refractivity contribution in [2.24, 2.45) is 0 Å². The van der Waals surface area contributed by atoms with E-state index in [0.717, 1.165) is 18.0 Å². The van der Waals surface area contributed by atoms with E-state index in [0.29, 0.717) is 0 Å². The van der Waals surface area contributed by atoms with E-state index in [1.54, 1.807) is 0 Å². The number of fused-ring (bicyclic) bond motifs is 1. The van der Waals surface area contributed by atoms with Gasteiger partial charge in [-0.15, -0.1) is 11.8 Å². The average molecular weight is 170 g/mol. The number of aliphatic hydroxyl groups excluding tert-OH is 1. The molecule has 1 aliphatic rings. The Bertz CT molecular complexity index is 235. The van der Waals surface area contributed by atoms with Crippen LogP contribution in [0.3, 0.4) is 0 Å². The van der Waals surface area contributed by atoms with E-state index in [4.69, 9.17) is 5.11 Å². The lowest BCUT2D eigenvalue weighted by atomic mass is 10.3. The number of aromatic nitrogens is 2.